The summed E-state index contributed by atoms with van der Waals surface area (Å²) in [6, 6.07) is 73.1. The fraction of sp³-hybridized carbons (Fsp3) is 0.265. The van der Waals surface area contributed by atoms with Crippen LogP contribution in [0.4, 0.5) is 0 Å². The van der Waals surface area contributed by atoms with E-state index in [-0.39, 0.29) is 5.92 Å². The van der Waals surface area contributed by atoms with Crippen LogP contribution in [-0.4, -0.2) is 0 Å². The quantitative estimate of drug-likeness (QED) is 0.142. The van der Waals surface area contributed by atoms with Crippen molar-refractivity contribution in [2.75, 3.05) is 0 Å². The van der Waals surface area contributed by atoms with Crippen molar-refractivity contribution in [3.63, 3.8) is 0 Å². The molecule has 0 radical (unpaired) electrons. The van der Waals surface area contributed by atoms with Gasteiger partial charge in [-0.05, 0) is 275 Å². The van der Waals surface area contributed by atoms with Crippen LogP contribution in [0.25, 0.3) is 111 Å². The summed E-state index contributed by atoms with van der Waals surface area (Å²) in [7, 11) is 10.2. The van der Waals surface area contributed by atoms with Crippen LogP contribution in [0.5, 0.6) is 0 Å². The zero-order valence-corrected chi connectivity index (χ0v) is 66.6. The van der Waals surface area contributed by atoms with Crippen molar-refractivity contribution in [3.8, 4) is 56.3 Å². The highest BCUT2D eigenvalue weighted by Gasteiger charge is 2.25. The van der Waals surface area contributed by atoms with Crippen molar-refractivity contribution in [2.45, 2.75) is 145 Å². The number of fused-ring (bicyclic) bond motifs is 5. The summed E-state index contributed by atoms with van der Waals surface area (Å²) >= 11 is 0. The maximum absolute atomic E-state index is 8.55. The first-order chi connectivity index (χ1) is 56.5. The SMILES string of the molecule is Cc1cc(C)c(C)c(-c2cc(C)c3c(C)cccc3[n+]2C)c1.[2H]C([2H])([2H])c1cc(C)cc(-c2cc(C)c3c(C)cccc3[n+]2C)c1C.[2H]C([2H])([2H])c1cc(C)cc(-c2ccc3c(C([2H])([2H])C(C)C)cccc3[n+]2C)c1C.[2H]C([2H])([2H])c1cc(C)cc(-c2ccc3ccccc3[n+]2C)c1C.[2H]C([2H])([2H])c1ccc(-c2ccc3ccccc3[n+]2C)c(C)c1. The van der Waals surface area contributed by atoms with Gasteiger partial charge in [-0.3, -0.25) is 0 Å². The number of benzene rings is 10. The number of hydrogen-bond acceptors (Lipinski definition) is 0. The summed E-state index contributed by atoms with van der Waals surface area (Å²) in [5.41, 5.74) is 33.9. The van der Waals surface area contributed by atoms with E-state index in [1.165, 1.54) is 77.3 Å². The molecule has 0 N–H and O–H groups in total. The van der Waals surface area contributed by atoms with Gasteiger partial charge in [-0.15, -0.1) is 0 Å². The highest BCUT2D eigenvalue weighted by Crippen LogP contribution is 2.34. The predicted molar refractivity (Wildman–Crippen MR) is 457 cm³/mol. The number of nitrogens with zero attached hydrogens (tertiary/aromatic N) is 5. The van der Waals surface area contributed by atoms with Crippen LogP contribution in [0.15, 0.2) is 218 Å². The number of para-hydroxylation sites is 2. The summed E-state index contributed by atoms with van der Waals surface area (Å²) in [5.74, 6) is -0.154. The molecule has 15 aromatic rings. The molecule has 0 amide bonds. The van der Waals surface area contributed by atoms with E-state index in [4.69, 9.17) is 19.2 Å². The fourth-order valence-electron chi connectivity index (χ4n) is 15.4. The monoisotopic (exact) mass is 1420 g/mol. The minimum atomic E-state index is -2.17. The zero-order valence-electron chi connectivity index (χ0n) is 80.6. The van der Waals surface area contributed by atoms with Gasteiger partial charge in [0.15, 0.2) is 0 Å². The van der Waals surface area contributed by atoms with Gasteiger partial charge in [0.05, 0.1) is 10.8 Å². The third-order valence-corrected chi connectivity index (χ3v) is 21.3. The highest BCUT2D eigenvalue weighted by atomic mass is 15.0. The van der Waals surface area contributed by atoms with Gasteiger partial charge in [0.2, 0.25) is 56.1 Å². The summed E-state index contributed by atoms with van der Waals surface area (Å²) < 4.78 is 121. The van der Waals surface area contributed by atoms with Crippen LogP contribution < -0.4 is 22.8 Å². The van der Waals surface area contributed by atoms with E-state index < -0.39 is 33.8 Å². The molecular formula is C102H114N5+5. The van der Waals surface area contributed by atoms with Gasteiger partial charge in [0.25, 0.3) is 0 Å². The maximum Gasteiger partial charge on any atom is 0.213 e. The number of rotatable bonds is 7. The van der Waals surface area contributed by atoms with Crippen LogP contribution in [0.3, 0.4) is 0 Å². The minimum absolute atomic E-state index is 0.154. The van der Waals surface area contributed by atoms with Gasteiger partial charge < -0.3 is 0 Å². The normalized spacial score (nSPS) is 13.7. The lowest BCUT2D eigenvalue weighted by Crippen LogP contribution is -2.32. The van der Waals surface area contributed by atoms with Crippen molar-refractivity contribution >= 4 is 54.5 Å². The third kappa shape index (κ3) is 16.3. The Balaban J connectivity index is 0.000000148. The van der Waals surface area contributed by atoms with Gasteiger partial charge in [0.1, 0.15) is 35.2 Å². The Morgan fingerprint density at radius 3 is 1.06 bits per heavy atom. The van der Waals surface area contributed by atoms with E-state index in [0.29, 0.717) is 27.8 Å². The van der Waals surface area contributed by atoms with E-state index in [9.17, 15) is 0 Å². The Hall–Kier alpha value is -10.8. The second kappa shape index (κ2) is 32.5. The third-order valence-electron chi connectivity index (χ3n) is 21.3. The molecule has 0 saturated heterocycles. The molecule has 15 rings (SSSR count). The largest absolute Gasteiger partial charge is 0.213 e. The molecule has 0 atom stereocenters. The van der Waals surface area contributed by atoms with E-state index in [1.54, 1.807) is 30.3 Å². The molecule has 0 aliphatic carbocycles. The van der Waals surface area contributed by atoms with Crippen molar-refractivity contribution in [2.24, 2.45) is 41.2 Å². The highest BCUT2D eigenvalue weighted by molar-refractivity contribution is 5.87. The summed E-state index contributed by atoms with van der Waals surface area (Å²) in [6.07, 6.45) is -1.44. The van der Waals surface area contributed by atoms with Gasteiger partial charge >= 0.3 is 0 Å². The lowest BCUT2D eigenvalue weighted by Gasteiger charge is -2.12. The van der Waals surface area contributed by atoms with Crippen LogP contribution >= 0.6 is 0 Å². The first kappa shape index (κ1) is 60.4. The van der Waals surface area contributed by atoms with Crippen molar-refractivity contribution in [1.29, 1.82) is 0 Å². The Morgan fingerprint density at radius 1 is 0.271 bits per heavy atom. The zero-order chi connectivity index (χ0) is 88.9. The van der Waals surface area contributed by atoms with Gasteiger partial charge in [-0.2, -0.15) is 22.8 Å². The lowest BCUT2D eigenvalue weighted by atomic mass is 9.95. The Bertz CT molecular complexity index is 6520. The van der Waals surface area contributed by atoms with E-state index in [0.717, 1.165) is 111 Å². The molecule has 0 bridgehead atoms. The Morgan fingerprint density at radius 2 is 0.626 bits per heavy atom. The van der Waals surface area contributed by atoms with E-state index >= 15 is 0 Å². The van der Waals surface area contributed by atoms with Crippen molar-refractivity contribution in [3.05, 3.63) is 324 Å². The van der Waals surface area contributed by atoms with E-state index in [1.807, 2.05) is 162 Å². The standard InChI is InChI=1S/C23H28N.2C21H24N.C19H20N.C18H18N/c1-15(2)12-19-8-7-9-22-20(19)10-11-23(24(22)6)21-14-16(3)13-17(4)18(21)5;2*1-13-10-15(3)17(5)18(11-13)20-12-16(4)21-14(2)8-7-9-19(21)22(20)6;1-13-11-14(2)15(3)17(12-13)19-10-9-16-7-5-6-8-18(16)20(19)4;1-13-8-10-16(14(2)12-13)18-11-9-15-6-4-5-7-17(15)19(18)3/h7-11,13-15H,12H2,1-6H3;2*7-12H,1-6H3;5-12H,1-4H3;4-12H,1-3H3/q5*+1/i4D3,12D2;3D3;;2D3;1D3. The minimum Gasteiger partial charge on any atom is -0.194 e. The molecule has 0 fully saturated rings. The number of aryl methyl sites for hydroxylation is 19. The summed E-state index contributed by atoms with van der Waals surface area (Å²) in [6.45, 7) is 24.0. The fourth-order valence-corrected chi connectivity index (χ4v) is 15.4. The second-order valence-electron chi connectivity index (χ2n) is 29.7. The molecule has 0 spiro atoms. The first-order valence-electron chi connectivity index (χ1n) is 44.0. The van der Waals surface area contributed by atoms with E-state index in [2.05, 4.69) is 195 Å². The molecule has 0 unspecified atom stereocenters. The maximum atomic E-state index is 8.55. The topological polar surface area (TPSA) is 19.4 Å². The summed E-state index contributed by atoms with van der Waals surface area (Å²) in [5, 5.41) is 5.86. The van der Waals surface area contributed by atoms with Gasteiger partial charge in [-0.1, -0.05) is 139 Å². The van der Waals surface area contributed by atoms with Crippen LogP contribution in [0.2, 0.25) is 0 Å². The average molecular weight is 1420 g/mol. The molecule has 5 aromatic heterocycles. The molecule has 5 nitrogen and oxygen atoms in total. The predicted octanol–water partition coefficient (Wildman–Crippen LogP) is 23.4. The molecule has 0 saturated carbocycles. The van der Waals surface area contributed by atoms with Crippen molar-refractivity contribution in [1.82, 2.24) is 0 Å². The van der Waals surface area contributed by atoms with Crippen LogP contribution in [0.1, 0.15) is 139 Å². The van der Waals surface area contributed by atoms with Gasteiger partial charge in [-0.25, -0.2) is 0 Å². The first-order valence-corrected chi connectivity index (χ1v) is 37.0. The van der Waals surface area contributed by atoms with Gasteiger partial charge in [0, 0.05) is 124 Å². The van der Waals surface area contributed by atoms with Crippen LogP contribution in [0, 0.1) is 130 Å². The molecular weight excluding hydrogens is 1300 g/mol. The Labute approximate surface area is 659 Å². The smallest absolute Gasteiger partial charge is 0.194 e. The Kier molecular flexibility index (Phi) is 18.4. The van der Waals surface area contributed by atoms with Crippen LogP contribution in [-0.2, 0) is 41.6 Å². The molecule has 107 heavy (non-hydrogen) atoms. The number of pyridine rings is 5. The van der Waals surface area contributed by atoms with Crippen molar-refractivity contribution < 1.29 is 42.0 Å². The molecule has 5 heterocycles. The molecule has 542 valence electrons. The second-order valence-corrected chi connectivity index (χ2v) is 29.7. The molecule has 10 aromatic carbocycles. The molecule has 0 aliphatic heterocycles. The average Bonchev–Trinajstić information content (AvgIpc) is 0.752. The number of aromatic nitrogens is 5. The lowest BCUT2D eigenvalue weighted by molar-refractivity contribution is -0.633. The number of hydrogen-bond donors (Lipinski definition) is 0. The molecule has 5 heteroatoms. The summed E-state index contributed by atoms with van der Waals surface area (Å²) in [4.78, 5) is 0. The molecule has 0 aliphatic rings.